The molecule has 1 aliphatic carbocycles. The van der Waals surface area contributed by atoms with Crippen molar-refractivity contribution in [3.63, 3.8) is 0 Å². The molecule has 2 amide bonds. The average Bonchev–Trinajstić information content (AvgIpc) is 3.07. The van der Waals surface area contributed by atoms with Crippen molar-refractivity contribution < 1.29 is 28.7 Å². The Kier molecular flexibility index (Phi) is 7.18. The normalized spacial score (nSPS) is 15.1. The van der Waals surface area contributed by atoms with Crippen LogP contribution in [-0.2, 0) is 18.8 Å². The molecule has 4 N–H and O–H groups in total. The second kappa shape index (κ2) is 9.59. The summed E-state index contributed by atoms with van der Waals surface area (Å²) in [4.78, 5) is 36.7. The first-order valence-corrected chi connectivity index (χ1v) is 14.1. The fourth-order valence-electron chi connectivity index (χ4n) is 3.82. The molecule has 9 heteroatoms. The molecule has 0 aromatic heterocycles. The molecule has 2 aromatic rings. The third kappa shape index (κ3) is 5.15. The fraction of sp³-hybridized carbons (Fsp3) is 0.400. The van der Waals surface area contributed by atoms with E-state index < -0.39 is 38.4 Å². The molecule has 0 saturated heterocycles. The summed E-state index contributed by atoms with van der Waals surface area (Å²) in [6.07, 6.45) is -2.49. The topological polar surface area (TPSA) is 128 Å². The lowest BCUT2D eigenvalue weighted by Gasteiger charge is -2.39. The van der Waals surface area contributed by atoms with Gasteiger partial charge in [-0.3, -0.25) is 4.79 Å². The van der Waals surface area contributed by atoms with Crippen molar-refractivity contribution >= 4 is 26.3 Å². The number of hydrogen-bond acceptors (Lipinski definition) is 5. The highest BCUT2D eigenvalue weighted by Gasteiger charge is 2.45. The quantitative estimate of drug-likeness (QED) is 0.488. The van der Waals surface area contributed by atoms with E-state index in [4.69, 9.17) is 14.9 Å². The molecule has 0 bridgehead atoms. The van der Waals surface area contributed by atoms with Gasteiger partial charge >= 0.3 is 12.1 Å². The van der Waals surface area contributed by atoms with Crippen molar-refractivity contribution in [2.24, 2.45) is 5.73 Å². The number of carboxylic acids is 1. The minimum Gasteiger partial charge on any atom is -0.480 e. The minimum atomic E-state index is -2.57. The Morgan fingerprint density at radius 2 is 1.53 bits per heavy atom. The van der Waals surface area contributed by atoms with Gasteiger partial charge in [0.25, 0.3) is 0 Å². The van der Waals surface area contributed by atoms with Gasteiger partial charge in [-0.2, -0.15) is 0 Å². The van der Waals surface area contributed by atoms with Crippen LogP contribution < -0.4 is 11.1 Å². The van der Waals surface area contributed by atoms with E-state index in [0.717, 1.165) is 22.3 Å². The summed E-state index contributed by atoms with van der Waals surface area (Å²) in [5, 5.41) is 11.7. The summed E-state index contributed by atoms with van der Waals surface area (Å²) in [7, 11) is -2.57. The number of carbonyl (C=O) groups is 3. The molecule has 0 radical (unpaired) electrons. The Bertz CT molecular complexity index is 1050. The number of benzene rings is 2. The smallest absolute Gasteiger partial charge is 0.407 e. The maximum Gasteiger partial charge on any atom is 0.407 e. The number of rotatable bonds is 8. The number of fused-ring (bicyclic) bond motifs is 3. The maximum absolute atomic E-state index is 12.6. The van der Waals surface area contributed by atoms with Crippen LogP contribution in [0.15, 0.2) is 48.5 Å². The third-order valence-corrected chi connectivity index (χ3v) is 11.1. The van der Waals surface area contributed by atoms with Crippen LogP contribution in [0.4, 0.5) is 4.79 Å². The second-order valence-electron chi connectivity index (χ2n) is 9.99. The van der Waals surface area contributed by atoms with Crippen LogP contribution in [0.2, 0.25) is 18.1 Å². The van der Waals surface area contributed by atoms with Gasteiger partial charge in [-0.15, -0.1) is 0 Å². The molecule has 0 saturated carbocycles. The van der Waals surface area contributed by atoms with E-state index in [2.05, 4.69) is 5.32 Å². The van der Waals surface area contributed by atoms with Crippen LogP contribution in [0.1, 0.15) is 37.8 Å². The van der Waals surface area contributed by atoms with E-state index in [1.165, 1.54) is 0 Å². The zero-order valence-corrected chi connectivity index (χ0v) is 21.1. The molecule has 3 rings (SSSR count). The van der Waals surface area contributed by atoms with E-state index in [-0.39, 0.29) is 17.6 Å². The van der Waals surface area contributed by atoms with Crippen molar-refractivity contribution in [2.45, 2.75) is 57.0 Å². The Morgan fingerprint density at radius 3 is 1.97 bits per heavy atom. The Balaban J connectivity index is 1.74. The summed E-state index contributed by atoms with van der Waals surface area (Å²) in [5.74, 6) is -2.58. The molecule has 8 nitrogen and oxygen atoms in total. The highest BCUT2D eigenvalue weighted by atomic mass is 28.4. The van der Waals surface area contributed by atoms with Gasteiger partial charge in [-0.25, -0.2) is 9.59 Å². The monoisotopic (exact) mass is 484 g/mol. The first-order valence-electron chi connectivity index (χ1n) is 11.1. The number of primary amides is 1. The highest BCUT2D eigenvalue weighted by molar-refractivity contribution is 6.74. The molecule has 34 heavy (non-hydrogen) atoms. The van der Waals surface area contributed by atoms with Crippen LogP contribution in [0.3, 0.4) is 0 Å². The number of nitrogens with two attached hydrogens (primary N) is 1. The zero-order chi connectivity index (χ0) is 25.3. The van der Waals surface area contributed by atoms with Crippen molar-refractivity contribution in [2.75, 3.05) is 6.61 Å². The van der Waals surface area contributed by atoms with Crippen LogP contribution in [0.5, 0.6) is 0 Å². The predicted molar refractivity (Wildman–Crippen MR) is 131 cm³/mol. The summed E-state index contributed by atoms with van der Waals surface area (Å²) in [5.41, 5.74) is 9.70. The van der Waals surface area contributed by atoms with Crippen LogP contribution in [-0.4, -0.2) is 50.1 Å². The minimum absolute atomic E-state index is 0.0104. The lowest BCUT2D eigenvalue weighted by molar-refractivity contribution is -0.145. The molecule has 0 aliphatic heterocycles. The molecule has 182 valence electrons. The number of aliphatic carboxylic acids is 1. The number of carboxylic acid groups (broad SMARTS) is 1. The molecule has 2 atom stereocenters. The zero-order valence-electron chi connectivity index (χ0n) is 20.1. The van der Waals surface area contributed by atoms with Crippen molar-refractivity contribution in [3.05, 3.63) is 59.7 Å². The number of carbonyl (C=O) groups excluding carboxylic acids is 2. The summed E-state index contributed by atoms with van der Waals surface area (Å²) >= 11 is 0. The molecular weight excluding hydrogens is 452 g/mol. The standard InChI is InChI=1S/C25H32N2O6Si/c1-25(2,3)34(4,5)33-21(22(26)28)20(23(29)30)27-24(31)32-14-19-17-12-8-6-10-15(17)16-11-7-9-13-18(16)19/h6-13,19-21H,14H2,1-5H3,(H2,26,28)(H,27,31)(H,29,30)/t20-,21?/m0/s1. The SMILES string of the molecule is CC(C)(C)[Si](C)(C)OC(C(N)=O)[C@H](NC(=O)OCC1c2ccccc2-c2ccccc21)C(=O)O. The van der Waals surface area contributed by atoms with Gasteiger partial charge in [-0.05, 0) is 40.4 Å². The van der Waals surface area contributed by atoms with Gasteiger partial charge < -0.3 is 25.3 Å². The van der Waals surface area contributed by atoms with E-state index >= 15 is 0 Å². The lowest BCUT2D eigenvalue weighted by Crippen LogP contribution is -2.59. The molecule has 1 unspecified atom stereocenters. The van der Waals surface area contributed by atoms with Gasteiger partial charge in [0.1, 0.15) is 6.61 Å². The Labute approximate surface area is 200 Å². The second-order valence-corrected chi connectivity index (χ2v) is 14.7. The fourth-order valence-corrected chi connectivity index (χ4v) is 5.06. The van der Waals surface area contributed by atoms with Gasteiger partial charge in [0.15, 0.2) is 20.5 Å². The Morgan fingerprint density at radius 1 is 1.03 bits per heavy atom. The number of nitrogens with one attached hydrogen (secondary N) is 1. The van der Waals surface area contributed by atoms with Crippen LogP contribution >= 0.6 is 0 Å². The number of alkyl carbamates (subject to hydrolysis) is 1. The van der Waals surface area contributed by atoms with Gasteiger partial charge in [0, 0.05) is 5.92 Å². The van der Waals surface area contributed by atoms with E-state index in [9.17, 15) is 19.5 Å². The number of hydrogen-bond donors (Lipinski definition) is 3. The number of amides is 2. The largest absolute Gasteiger partial charge is 0.480 e. The maximum atomic E-state index is 12.6. The molecule has 0 fully saturated rings. The van der Waals surface area contributed by atoms with Gasteiger partial charge in [-0.1, -0.05) is 69.3 Å². The predicted octanol–water partition coefficient (Wildman–Crippen LogP) is 3.85. The number of ether oxygens (including phenoxy) is 1. The van der Waals surface area contributed by atoms with E-state index in [1.807, 2.05) is 82.4 Å². The average molecular weight is 485 g/mol. The summed E-state index contributed by atoms with van der Waals surface area (Å²) in [6, 6.07) is 14.1. The molecule has 2 aromatic carbocycles. The van der Waals surface area contributed by atoms with Gasteiger partial charge in [0.05, 0.1) is 0 Å². The van der Waals surface area contributed by atoms with Crippen LogP contribution in [0, 0.1) is 0 Å². The Hall–Kier alpha value is -3.17. The van der Waals surface area contributed by atoms with Crippen LogP contribution in [0.25, 0.3) is 11.1 Å². The molecular formula is C25H32N2O6Si. The van der Waals surface area contributed by atoms with Crippen molar-refractivity contribution in [1.82, 2.24) is 5.32 Å². The molecule has 1 aliphatic rings. The van der Waals surface area contributed by atoms with E-state index in [0.29, 0.717) is 0 Å². The first kappa shape index (κ1) is 25.4. The van der Waals surface area contributed by atoms with Gasteiger partial charge in [0.2, 0.25) is 5.91 Å². The molecule has 0 spiro atoms. The lowest BCUT2D eigenvalue weighted by atomic mass is 9.98. The summed E-state index contributed by atoms with van der Waals surface area (Å²) < 4.78 is 11.4. The highest BCUT2D eigenvalue weighted by Crippen LogP contribution is 2.44. The molecule has 0 heterocycles. The van der Waals surface area contributed by atoms with E-state index in [1.54, 1.807) is 0 Å². The third-order valence-electron chi connectivity index (χ3n) is 6.69. The summed E-state index contributed by atoms with van der Waals surface area (Å²) in [6.45, 7) is 9.60. The first-order chi connectivity index (χ1) is 15.8. The van der Waals surface area contributed by atoms with Crippen molar-refractivity contribution in [3.8, 4) is 11.1 Å². The van der Waals surface area contributed by atoms with Crippen molar-refractivity contribution in [1.29, 1.82) is 0 Å².